The summed E-state index contributed by atoms with van der Waals surface area (Å²) >= 11 is 0. The van der Waals surface area contributed by atoms with Crippen LogP contribution in [0.15, 0.2) is 53.5 Å². The largest absolute Gasteiger partial charge is 0.324 e. The van der Waals surface area contributed by atoms with Crippen LogP contribution in [0.3, 0.4) is 0 Å². The summed E-state index contributed by atoms with van der Waals surface area (Å²) < 4.78 is 1.22. The first-order valence-corrected chi connectivity index (χ1v) is 7.82. The first-order chi connectivity index (χ1) is 11.5. The molecule has 0 fully saturated rings. The number of nitrogens with one attached hydrogen (secondary N) is 1. The third kappa shape index (κ3) is 2.93. The molecule has 5 nitrogen and oxygen atoms in total. The maximum absolute atomic E-state index is 12.6. The lowest BCUT2D eigenvalue weighted by Gasteiger charge is -2.16. The summed E-state index contributed by atoms with van der Waals surface area (Å²) in [6.07, 6.45) is 1.61. The van der Waals surface area contributed by atoms with E-state index in [1.165, 1.54) is 4.68 Å². The maximum atomic E-state index is 12.6. The Morgan fingerprint density at radius 3 is 2.71 bits per heavy atom. The zero-order chi connectivity index (χ0) is 17.3. The highest BCUT2D eigenvalue weighted by molar-refractivity contribution is 5.94. The topological polar surface area (TPSA) is 64.0 Å². The minimum atomic E-state index is -0.706. The molecule has 1 heterocycles. The predicted octanol–water partition coefficient (Wildman–Crippen LogP) is 3.21. The summed E-state index contributed by atoms with van der Waals surface area (Å²) in [5, 5.41) is 8.36. The first kappa shape index (κ1) is 15.9. The molecule has 24 heavy (non-hydrogen) atoms. The van der Waals surface area contributed by atoms with Gasteiger partial charge in [0.25, 0.3) is 5.56 Å². The molecule has 2 aromatic carbocycles. The van der Waals surface area contributed by atoms with E-state index in [1.54, 1.807) is 25.3 Å². The lowest BCUT2D eigenvalue weighted by atomic mass is 10.1. The van der Waals surface area contributed by atoms with E-state index in [4.69, 9.17) is 0 Å². The molecule has 0 saturated heterocycles. The van der Waals surface area contributed by atoms with E-state index < -0.39 is 6.04 Å². The molecule has 1 aromatic heterocycles. The van der Waals surface area contributed by atoms with Gasteiger partial charge in [-0.2, -0.15) is 5.10 Å². The molecule has 0 aliphatic rings. The van der Waals surface area contributed by atoms with Gasteiger partial charge in [-0.1, -0.05) is 30.3 Å². The summed E-state index contributed by atoms with van der Waals surface area (Å²) in [5.41, 5.74) is 2.52. The SMILES string of the molecule is Cc1ccc(C)c(NC(=O)[C@@H](C)n2ncc3ccccc3c2=O)c1. The number of carbonyl (C=O) groups is 1. The molecule has 122 valence electrons. The fourth-order valence-corrected chi connectivity index (χ4v) is 2.60. The third-order valence-corrected chi connectivity index (χ3v) is 4.12. The predicted molar refractivity (Wildman–Crippen MR) is 95.3 cm³/mol. The van der Waals surface area contributed by atoms with Crippen LogP contribution in [-0.4, -0.2) is 15.7 Å². The Kier molecular flexibility index (Phi) is 4.16. The van der Waals surface area contributed by atoms with Crippen molar-refractivity contribution in [2.24, 2.45) is 0 Å². The Bertz CT molecular complexity index is 976. The average Bonchev–Trinajstić information content (AvgIpc) is 2.58. The van der Waals surface area contributed by atoms with Gasteiger partial charge in [-0.15, -0.1) is 0 Å². The second kappa shape index (κ2) is 6.28. The highest BCUT2D eigenvalue weighted by Gasteiger charge is 2.19. The summed E-state index contributed by atoms with van der Waals surface area (Å²) in [6, 6.07) is 12.4. The van der Waals surface area contributed by atoms with Gasteiger partial charge in [0.05, 0.1) is 11.6 Å². The highest BCUT2D eigenvalue weighted by atomic mass is 16.2. The number of carbonyl (C=O) groups excluding carboxylic acids is 1. The average molecular weight is 321 g/mol. The zero-order valence-corrected chi connectivity index (χ0v) is 13.9. The van der Waals surface area contributed by atoms with Gasteiger partial charge >= 0.3 is 0 Å². The molecule has 0 radical (unpaired) electrons. The molecule has 1 atom stereocenters. The van der Waals surface area contributed by atoms with Crippen molar-refractivity contribution in [1.29, 1.82) is 0 Å². The fraction of sp³-hybridized carbons (Fsp3) is 0.211. The Hall–Kier alpha value is -2.95. The van der Waals surface area contributed by atoms with Gasteiger partial charge in [-0.25, -0.2) is 4.68 Å². The van der Waals surface area contributed by atoms with Crippen LogP contribution >= 0.6 is 0 Å². The Balaban J connectivity index is 1.92. The lowest BCUT2D eigenvalue weighted by molar-refractivity contribution is -0.119. The molecular weight excluding hydrogens is 302 g/mol. The number of aryl methyl sites for hydroxylation is 2. The van der Waals surface area contributed by atoms with E-state index in [-0.39, 0.29) is 11.5 Å². The molecule has 0 aliphatic heterocycles. The number of amides is 1. The van der Waals surface area contributed by atoms with Crippen molar-refractivity contribution >= 4 is 22.4 Å². The van der Waals surface area contributed by atoms with E-state index in [0.29, 0.717) is 5.39 Å². The number of aromatic nitrogens is 2. The third-order valence-electron chi connectivity index (χ3n) is 4.12. The Morgan fingerprint density at radius 2 is 1.92 bits per heavy atom. The number of rotatable bonds is 3. The van der Waals surface area contributed by atoms with Crippen LogP contribution in [0.2, 0.25) is 0 Å². The molecular formula is C19H19N3O2. The lowest BCUT2D eigenvalue weighted by Crippen LogP contribution is -2.33. The maximum Gasteiger partial charge on any atom is 0.275 e. The van der Waals surface area contributed by atoms with Crippen molar-refractivity contribution in [2.75, 3.05) is 5.32 Å². The van der Waals surface area contributed by atoms with Crippen molar-refractivity contribution in [3.8, 4) is 0 Å². The summed E-state index contributed by atoms with van der Waals surface area (Å²) in [6.45, 7) is 5.57. The highest BCUT2D eigenvalue weighted by Crippen LogP contribution is 2.18. The standard InChI is InChI=1S/C19H19N3O2/c1-12-8-9-13(2)17(10-12)21-18(23)14(3)22-19(24)16-7-5-4-6-15(16)11-20-22/h4-11,14H,1-3H3,(H,21,23)/t14-/m1/s1. The van der Waals surface area contributed by atoms with Crippen LogP contribution in [0.25, 0.3) is 10.8 Å². The quantitative estimate of drug-likeness (QED) is 0.805. The van der Waals surface area contributed by atoms with Gasteiger partial charge in [-0.3, -0.25) is 9.59 Å². The number of nitrogens with zero attached hydrogens (tertiary/aromatic N) is 2. The van der Waals surface area contributed by atoms with E-state index in [1.807, 2.05) is 44.2 Å². The van der Waals surface area contributed by atoms with E-state index in [0.717, 1.165) is 22.2 Å². The molecule has 0 spiro atoms. The molecule has 0 saturated carbocycles. The van der Waals surface area contributed by atoms with Gasteiger partial charge in [0.15, 0.2) is 0 Å². The van der Waals surface area contributed by atoms with Crippen LogP contribution in [0.1, 0.15) is 24.1 Å². The van der Waals surface area contributed by atoms with Crippen LogP contribution in [0.4, 0.5) is 5.69 Å². The van der Waals surface area contributed by atoms with E-state index in [2.05, 4.69) is 10.4 Å². The number of anilines is 1. The van der Waals surface area contributed by atoms with Crippen LogP contribution in [-0.2, 0) is 4.79 Å². The van der Waals surface area contributed by atoms with Gasteiger partial charge in [0.2, 0.25) is 5.91 Å². The molecule has 3 rings (SSSR count). The Morgan fingerprint density at radius 1 is 1.17 bits per heavy atom. The summed E-state index contributed by atoms with van der Waals surface area (Å²) in [7, 11) is 0. The van der Waals surface area contributed by atoms with Crippen molar-refractivity contribution in [3.63, 3.8) is 0 Å². The first-order valence-electron chi connectivity index (χ1n) is 7.82. The second-order valence-electron chi connectivity index (χ2n) is 5.97. The molecule has 3 aromatic rings. The normalized spacial score (nSPS) is 12.1. The van der Waals surface area contributed by atoms with Crippen molar-refractivity contribution < 1.29 is 4.79 Å². The van der Waals surface area contributed by atoms with Crippen LogP contribution < -0.4 is 10.9 Å². The number of benzene rings is 2. The van der Waals surface area contributed by atoms with Gasteiger partial charge in [0, 0.05) is 11.1 Å². The minimum Gasteiger partial charge on any atom is -0.324 e. The molecule has 1 N–H and O–H groups in total. The second-order valence-corrected chi connectivity index (χ2v) is 5.97. The molecule has 0 bridgehead atoms. The van der Waals surface area contributed by atoms with Gasteiger partial charge < -0.3 is 5.32 Å². The van der Waals surface area contributed by atoms with Crippen molar-refractivity contribution in [3.05, 3.63) is 70.1 Å². The van der Waals surface area contributed by atoms with Crippen LogP contribution in [0, 0.1) is 13.8 Å². The molecule has 0 aliphatic carbocycles. The van der Waals surface area contributed by atoms with E-state index >= 15 is 0 Å². The molecule has 1 amide bonds. The zero-order valence-electron chi connectivity index (χ0n) is 13.9. The van der Waals surface area contributed by atoms with E-state index in [9.17, 15) is 9.59 Å². The number of hydrogen-bond donors (Lipinski definition) is 1. The molecule has 5 heteroatoms. The van der Waals surface area contributed by atoms with Gasteiger partial charge in [-0.05, 0) is 44.0 Å². The minimum absolute atomic E-state index is 0.267. The Labute approximate surface area is 139 Å². The van der Waals surface area contributed by atoms with Crippen molar-refractivity contribution in [1.82, 2.24) is 9.78 Å². The monoisotopic (exact) mass is 321 g/mol. The fourth-order valence-electron chi connectivity index (χ4n) is 2.60. The summed E-state index contributed by atoms with van der Waals surface area (Å²) in [5.74, 6) is -0.270. The molecule has 0 unspecified atom stereocenters. The number of hydrogen-bond acceptors (Lipinski definition) is 3. The van der Waals surface area contributed by atoms with Crippen molar-refractivity contribution in [2.45, 2.75) is 26.8 Å². The summed E-state index contributed by atoms with van der Waals surface area (Å²) in [4.78, 5) is 25.1. The van der Waals surface area contributed by atoms with Crippen LogP contribution in [0.5, 0.6) is 0 Å². The number of fused-ring (bicyclic) bond motifs is 1. The van der Waals surface area contributed by atoms with Gasteiger partial charge in [0.1, 0.15) is 6.04 Å². The smallest absolute Gasteiger partial charge is 0.275 e.